The fourth-order valence-electron chi connectivity index (χ4n) is 4.28. The van der Waals surface area contributed by atoms with Gasteiger partial charge >= 0.3 is 0 Å². The van der Waals surface area contributed by atoms with Gasteiger partial charge in [-0.2, -0.15) is 0 Å². The molecule has 0 unspecified atom stereocenters. The fourth-order valence-corrected chi connectivity index (χ4v) is 4.28. The second-order valence-electron chi connectivity index (χ2n) is 8.11. The summed E-state index contributed by atoms with van der Waals surface area (Å²) in [4.78, 5) is 14.7. The van der Waals surface area contributed by atoms with Gasteiger partial charge < -0.3 is 0 Å². The summed E-state index contributed by atoms with van der Waals surface area (Å²) in [5.41, 5.74) is 9.92. The molecule has 6 aromatic rings. The Kier molecular flexibility index (Phi) is 5.13. The fraction of sp³-hybridized carbons (Fsp3) is 0. The molecule has 0 N–H and O–H groups in total. The van der Waals surface area contributed by atoms with Crippen molar-refractivity contribution in [2.75, 3.05) is 0 Å². The number of rotatable bonds is 4. The zero-order valence-corrected chi connectivity index (χ0v) is 18.5. The van der Waals surface area contributed by atoms with Gasteiger partial charge in [-0.25, -0.2) is 9.97 Å². The Morgan fingerprint density at radius 2 is 0.971 bits per heavy atom. The molecule has 0 saturated heterocycles. The van der Waals surface area contributed by atoms with Crippen LogP contribution in [0.25, 0.3) is 55.9 Å². The average Bonchev–Trinajstić information content (AvgIpc) is 2.93. The van der Waals surface area contributed by atoms with Gasteiger partial charge in [0.15, 0.2) is 0 Å². The quantitative estimate of drug-likeness (QED) is 0.285. The van der Waals surface area contributed by atoms with Crippen molar-refractivity contribution >= 4 is 11.0 Å². The molecule has 0 saturated carbocycles. The molecule has 0 amide bonds. The van der Waals surface area contributed by atoms with Crippen LogP contribution in [0.3, 0.4) is 0 Å². The van der Waals surface area contributed by atoms with E-state index in [0.29, 0.717) is 0 Å². The molecule has 4 aromatic carbocycles. The van der Waals surface area contributed by atoms with E-state index in [0.717, 1.165) is 55.9 Å². The van der Waals surface area contributed by atoms with E-state index in [1.54, 1.807) is 0 Å². The van der Waals surface area contributed by atoms with Crippen molar-refractivity contribution < 1.29 is 0 Å². The van der Waals surface area contributed by atoms with Gasteiger partial charge in [0.2, 0.25) is 0 Å². The predicted octanol–water partition coefficient (Wildman–Crippen LogP) is 7.69. The van der Waals surface area contributed by atoms with Gasteiger partial charge in [-0.1, -0.05) is 97.1 Å². The first-order valence-electron chi connectivity index (χ1n) is 11.3. The lowest BCUT2D eigenvalue weighted by Crippen LogP contribution is -1.97. The van der Waals surface area contributed by atoms with Gasteiger partial charge in [0.05, 0.1) is 28.1 Å². The monoisotopic (exact) mass is 435 g/mol. The minimum absolute atomic E-state index is 0.870. The maximum Gasteiger partial charge on any atom is 0.0979 e. The van der Waals surface area contributed by atoms with Gasteiger partial charge in [-0.05, 0) is 35.4 Å². The van der Waals surface area contributed by atoms with Crippen molar-refractivity contribution in [3.8, 4) is 44.9 Å². The largest absolute Gasteiger partial charge is 0.256 e. The lowest BCUT2D eigenvalue weighted by Gasteiger charge is -2.14. The van der Waals surface area contributed by atoms with E-state index in [1.165, 1.54) is 0 Å². The first-order chi connectivity index (χ1) is 16.9. The molecule has 0 spiro atoms. The molecule has 0 bridgehead atoms. The van der Waals surface area contributed by atoms with Gasteiger partial charge in [0, 0.05) is 22.9 Å². The molecule has 0 radical (unpaired) electrons. The Morgan fingerprint density at radius 1 is 0.382 bits per heavy atom. The molecule has 2 heterocycles. The van der Waals surface area contributed by atoms with Gasteiger partial charge in [-0.15, -0.1) is 0 Å². The molecule has 2 aromatic heterocycles. The Bertz CT molecular complexity index is 1570. The minimum atomic E-state index is 0.870. The third-order valence-corrected chi connectivity index (χ3v) is 5.96. The van der Waals surface area contributed by atoms with Crippen LogP contribution in [-0.2, 0) is 0 Å². The molecule has 160 valence electrons. The Labute approximate surface area is 198 Å². The highest BCUT2D eigenvalue weighted by Gasteiger charge is 2.17. The Balaban J connectivity index is 1.56. The van der Waals surface area contributed by atoms with Crippen LogP contribution in [-0.4, -0.2) is 15.0 Å². The number of para-hydroxylation sites is 2. The van der Waals surface area contributed by atoms with Crippen LogP contribution in [0.1, 0.15) is 0 Å². The predicted molar refractivity (Wildman–Crippen MR) is 139 cm³/mol. The highest BCUT2D eigenvalue weighted by molar-refractivity contribution is 5.92. The van der Waals surface area contributed by atoms with Crippen molar-refractivity contribution in [2.24, 2.45) is 0 Å². The van der Waals surface area contributed by atoms with Gasteiger partial charge in [-0.3, -0.25) is 4.98 Å². The molecular weight excluding hydrogens is 414 g/mol. The molecule has 0 aliphatic rings. The maximum absolute atomic E-state index is 5.11. The molecule has 0 aliphatic heterocycles. The van der Waals surface area contributed by atoms with Crippen LogP contribution in [0.4, 0.5) is 0 Å². The lowest BCUT2D eigenvalue weighted by atomic mass is 9.94. The van der Waals surface area contributed by atoms with Crippen molar-refractivity contribution in [1.29, 1.82) is 0 Å². The number of aromatic nitrogens is 3. The summed E-state index contributed by atoms with van der Waals surface area (Å²) in [5.74, 6) is 0. The van der Waals surface area contributed by atoms with E-state index in [2.05, 4.69) is 77.8 Å². The van der Waals surface area contributed by atoms with E-state index >= 15 is 0 Å². The summed E-state index contributed by atoms with van der Waals surface area (Å²) in [6.07, 6.45) is 1.82. The lowest BCUT2D eigenvalue weighted by molar-refractivity contribution is 1.29. The molecule has 0 fully saturated rings. The number of nitrogens with zero attached hydrogens (tertiary/aromatic N) is 3. The molecule has 34 heavy (non-hydrogen) atoms. The standard InChI is InChI=1S/C31H21N3/c1-2-10-22(11-3-1)25-12-4-5-13-26(25)31-30(33-28-15-6-7-16-29(28)34-31)24-19-17-23(18-20-24)27-14-8-9-21-32-27/h1-21H. The van der Waals surface area contributed by atoms with Crippen LogP contribution in [0, 0.1) is 0 Å². The SMILES string of the molecule is c1ccc(-c2ccccc2-c2nc3ccccc3nc2-c2ccc(-c3ccccn3)cc2)cc1. The molecule has 3 heteroatoms. The second-order valence-corrected chi connectivity index (χ2v) is 8.11. The third kappa shape index (κ3) is 3.74. The average molecular weight is 436 g/mol. The molecule has 6 rings (SSSR count). The maximum atomic E-state index is 5.11. The zero-order chi connectivity index (χ0) is 22.7. The summed E-state index contributed by atoms with van der Waals surface area (Å²) < 4.78 is 0. The molecular formula is C31H21N3. The summed E-state index contributed by atoms with van der Waals surface area (Å²) in [6, 6.07) is 41.3. The summed E-state index contributed by atoms with van der Waals surface area (Å²) in [5, 5.41) is 0. The zero-order valence-electron chi connectivity index (χ0n) is 18.5. The normalized spacial score (nSPS) is 10.9. The minimum Gasteiger partial charge on any atom is -0.256 e. The van der Waals surface area contributed by atoms with Crippen LogP contribution in [0.2, 0.25) is 0 Å². The Morgan fingerprint density at radius 3 is 1.68 bits per heavy atom. The summed E-state index contributed by atoms with van der Waals surface area (Å²) in [6.45, 7) is 0. The summed E-state index contributed by atoms with van der Waals surface area (Å²) in [7, 11) is 0. The van der Waals surface area contributed by atoms with Crippen molar-refractivity contribution in [2.45, 2.75) is 0 Å². The van der Waals surface area contributed by atoms with E-state index < -0.39 is 0 Å². The highest BCUT2D eigenvalue weighted by Crippen LogP contribution is 2.37. The summed E-state index contributed by atoms with van der Waals surface area (Å²) >= 11 is 0. The second kappa shape index (κ2) is 8.72. The smallest absolute Gasteiger partial charge is 0.0979 e. The first-order valence-corrected chi connectivity index (χ1v) is 11.3. The van der Waals surface area contributed by atoms with E-state index in [4.69, 9.17) is 9.97 Å². The topological polar surface area (TPSA) is 38.7 Å². The van der Waals surface area contributed by atoms with Crippen LogP contribution in [0.15, 0.2) is 128 Å². The van der Waals surface area contributed by atoms with Crippen LogP contribution < -0.4 is 0 Å². The number of fused-ring (bicyclic) bond motifs is 1. The third-order valence-electron chi connectivity index (χ3n) is 5.96. The number of hydrogen-bond donors (Lipinski definition) is 0. The van der Waals surface area contributed by atoms with Crippen LogP contribution in [0.5, 0.6) is 0 Å². The molecule has 0 aliphatic carbocycles. The van der Waals surface area contributed by atoms with Gasteiger partial charge in [0.1, 0.15) is 0 Å². The first kappa shape index (κ1) is 20.0. The van der Waals surface area contributed by atoms with E-state index in [9.17, 15) is 0 Å². The molecule has 3 nitrogen and oxygen atoms in total. The van der Waals surface area contributed by atoms with E-state index in [1.807, 2.05) is 54.7 Å². The number of benzene rings is 4. The van der Waals surface area contributed by atoms with Crippen LogP contribution >= 0.6 is 0 Å². The number of pyridine rings is 1. The van der Waals surface area contributed by atoms with Crippen molar-refractivity contribution in [3.63, 3.8) is 0 Å². The van der Waals surface area contributed by atoms with Crippen molar-refractivity contribution in [3.05, 3.63) is 128 Å². The number of hydrogen-bond acceptors (Lipinski definition) is 3. The molecule has 0 atom stereocenters. The van der Waals surface area contributed by atoms with E-state index in [-0.39, 0.29) is 0 Å². The Hall–Kier alpha value is -4.63. The highest BCUT2D eigenvalue weighted by atomic mass is 14.8. The van der Waals surface area contributed by atoms with Gasteiger partial charge in [0.25, 0.3) is 0 Å². The van der Waals surface area contributed by atoms with Crippen molar-refractivity contribution in [1.82, 2.24) is 15.0 Å².